The van der Waals surface area contributed by atoms with Crippen LogP contribution in [0.3, 0.4) is 0 Å². The molecule has 0 aromatic heterocycles. The summed E-state index contributed by atoms with van der Waals surface area (Å²) >= 11 is 0. The van der Waals surface area contributed by atoms with Crippen molar-refractivity contribution in [2.24, 2.45) is 0 Å². The Kier molecular flexibility index (Phi) is 8.98. The first-order chi connectivity index (χ1) is 10.2. The van der Waals surface area contributed by atoms with Crippen molar-refractivity contribution >= 4 is 0 Å². The number of benzene rings is 1. The van der Waals surface area contributed by atoms with Crippen molar-refractivity contribution in [3.05, 3.63) is 29.6 Å². The SMILES string of the molecule is CCN(CC)CCOc1cc(F)cc(CNCCOC)c1. The Hall–Kier alpha value is -1.17. The van der Waals surface area contributed by atoms with Crippen molar-refractivity contribution in [3.8, 4) is 5.75 Å². The third-order valence-corrected chi connectivity index (χ3v) is 3.31. The average molecular weight is 298 g/mol. The average Bonchev–Trinajstić information content (AvgIpc) is 2.48. The Labute approximate surface area is 127 Å². The lowest BCUT2D eigenvalue weighted by atomic mass is 10.2. The molecule has 1 rings (SSSR count). The maximum atomic E-state index is 13.6. The van der Waals surface area contributed by atoms with Gasteiger partial charge in [0.25, 0.3) is 0 Å². The molecule has 0 heterocycles. The fraction of sp³-hybridized carbons (Fsp3) is 0.625. The number of nitrogens with one attached hydrogen (secondary N) is 1. The molecule has 0 amide bonds. The number of hydrogen-bond donors (Lipinski definition) is 1. The lowest BCUT2D eigenvalue weighted by Gasteiger charge is -2.18. The Morgan fingerprint density at radius 1 is 1.14 bits per heavy atom. The highest BCUT2D eigenvalue weighted by Gasteiger charge is 2.04. The molecule has 1 N–H and O–H groups in total. The topological polar surface area (TPSA) is 33.7 Å². The molecule has 0 saturated heterocycles. The predicted molar refractivity (Wildman–Crippen MR) is 83.3 cm³/mol. The zero-order valence-electron chi connectivity index (χ0n) is 13.3. The Morgan fingerprint density at radius 3 is 2.57 bits per heavy atom. The highest BCUT2D eigenvalue weighted by atomic mass is 19.1. The quantitative estimate of drug-likeness (QED) is 0.636. The van der Waals surface area contributed by atoms with E-state index in [4.69, 9.17) is 9.47 Å². The van der Waals surface area contributed by atoms with Crippen LogP contribution in [-0.4, -0.2) is 51.4 Å². The van der Waals surface area contributed by atoms with Crippen LogP contribution in [0.4, 0.5) is 4.39 Å². The van der Waals surface area contributed by atoms with Crippen LogP contribution < -0.4 is 10.1 Å². The summed E-state index contributed by atoms with van der Waals surface area (Å²) in [5.41, 5.74) is 0.879. The standard InChI is InChI=1S/C16H27FN2O2/c1-4-19(5-2)7-9-21-16-11-14(10-15(17)12-16)13-18-6-8-20-3/h10-12,18H,4-9,13H2,1-3H3. The second-order valence-corrected chi connectivity index (χ2v) is 4.84. The maximum Gasteiger partial charge on any atom is 0.127 e. The third kappa shape index (κ3) is 7.41. The first kappa shape index (κ1) is 17.9. The Balaban J connectivity index is 2.45. The minimum Gasteiger partial charge on any atom is -0.492 e. The van der Waals surface area contributed by atoms with Gasteiger partial charge in [0.05, 0.1) is 6.61 Å². The fourth-order valence-electron chi connectivity index (χ4n) is 2.05. The van der Waals surface area contributed by atoms with E-state index in [1.807, 2.05) is 6.07 Å². The molecule has 21 heavy (non-hydrogen) atoms. The zero-order valence-corrected chi connectivity index (χ0v) is 13.3. The van der Waals surface area contributed by atoms with Crippen LogP contribution in [-0.2, 0) is 11.3 Å². The minimum atomic E-state index is -0.265. The normalized spacial score (nSPS) is 11.1. The fourth-order valence-corrected chi connectivity index (χ4v) is 2.05. The number of rotatable bonds is 11. The lowest BCUT2D eigenvalue weighted by molar-refractivity contribution is 0.199. The molecule has 0 atom stereocenters. The lowest BCUT2D eigenvalue weighted by Crippen LogP contribution is -2.27. The van der Waals surface area contributed by atoms with E-state index < -0.39 is 0 Å². The minimum absolute atomic E-state index is 0.265. The molecule has 1 aromatic rings. The molecule has 0 radical (unpaired) electrons. The van der Waals surface area contributed by atoms with E-state index >= 15 is 0 Å². The first-order valence-corrected chi connectivity index (χ1v) is 7.53. The molecule has 0 aliphatic rings. The molecular weight excluding hydrogens is 271 g/mol. The van der Waals surface area contributed by atoms with Gasteiger partial charge in [0.15, 0.2) is 0 Å². The van der Waals surface area contributed by atoms with Crippen molar-refractivity contribution in [1.82, 2.24) is 10.2 Å². The number of hydrogen-bond acceptors (Lipinski definition) is 4. The van der Waals surface area contributed by atoms with E-state index in [1.165, 1.54) is 12.1 Å². The van der Waals surface area contributed by atoms with Gasteiger partial charge in [-0.05, 0) is 30.8 Å². The summed E-state index contributed by atoms with van der Waals surface area (Å²) in [5.74, 6) is 0.324. The first-order valence-electron chi connectivity index (χ1n) is 7.53. The van der Waals surface area contributed by atoms with Crippen LogP contribution in [0.2, 0.25) is 0 Å². The van der Waals surface area contributed by atoms with Gasteiger partial charge in [-0.15, -0.1) is 0 Å². The second kappa shape index (κ2) is 10.5. The maximum absolute atomic E-state index is 13.6. The highest BCUT2D eigenvalue weighted by molar-refractivity contribution is 5.29. The summed E-state index contributed by atoms with van der Waals surface area (Å²) in [6.07, 6.45) is 0. The molecule has 5 heteroatoms. The second-order valence-electron chi connectivity index (χ2n) is 4.84. The molecular formula is C16H27FN2O2. The number of ether oxygens (including phenoxy) is 2. The van der Waals surface area contributed by atoms with Crippen molar-refractivity contribution in [1.29, 1.82) is 0 Å². The smallest absolute Gasteiger partial charge is 0.127 e. The van der Waals surface area contributed by atoms with Gasteiger partial charge in [-0.3, -0.25) is 0 Å². The van der Waals surface area contributed by atoms with Crippen LogP contribution in [0.25, 0.3) is 0 Å². The van der Waals surface area contributed by atoms with E-state index in [0.717, 1.165) is 31.7 Å². The van der Waals surface area contributed by atoms with Crippen molar-refractivity contribution in [2.75, 3.05) is 46.5 Å². The number of likely N-dealkylation sites (N-methyl/N-ethyl adjacent to an activating group) is 1. The molecule has 4 nitrogen and oxygen atoms in total. The van der Waals surface area contributed by atoms with E-state index in [9.17, 15) is 4.39 Å². The van der Waals surface area contributed by atoms with E-state index in [2.05, 4.69) is 24.1 Å². The molecule has 120 valence electrons. The summed E-state index contributed by atoms with van der Waals surface area (Å²) in [4.78, 5) is 2.27. The zero-order chi connectivity index (χ0) is 15.5. The van der Waals surface area contributed by atoms with Crippen LogP contribution >= 0.6 is 0 Å². The van der Waals surface area contributed by atoms with Gasteiger partial charge in [0.2, 0.25) is 0 Å². The molecule has 0 unspecified atom stereocenters. The van der Waals surface area contributed by atoms with E-state index in [0.29, 0.717) is 25.5 Å². The highest BCUT2D eigenvalue weighted by Crippen LogP contribution is 2.16. The Morgan fingerprint density at radius 2 is 1.90 bits per heavy atom. The number of nitrogens with zero attached hydrogens (tertiary/aromatic N) is 1. The van der Waals surface area contributed by atoms with Gasteiger partial charge in [-0.1, -0.05) is 13.8 Å². The summed E-state index contributed by atoms with van der Waals surface area (Å²) < 4.78 is 24.2. The largest absolute Gasteiger partial charge is 0.492 e. The monoisotopic (exact) mass is 298 g/mol. The molecule has 0 spiro atoms. The molecule has 1 aromatic carbocycles. The van der Waals surface area contributed by atoms with Crippen LogP contribution in [0.1, 0.15) is 19.4 Å². The third-order valence-electron chi connectivity index (χ3n) is 3.31. The van der Waals surface area contributed by atoms with Crippen molar-refractivity contribution in [2.45, 2.75) is 20.4 Å². The van der Waals surface area contributed by atoms with E-state index in [-0.39, 0.29) is 5.82 Å². The van der Waals surface area contributed by atoms with Gasteiger partial charge in [-0.25, -0.2) is 4.39 Å². The summed E-state index contributed by atoms with van der Waals surface area (Å²) in [7, 11) is 1.66. The van der Waals surface area contributed by atoms with Gasteiger partial charge >= 0.3 is 0 Å². The van der Waals surface area contributed by atoms with Crippen LogP contribution in [0.15, 0.2) is 18.2 Å². The molecule has 0 aliphatic carbocycles. The van der Waals surface area contributed by atoms with E-state index in [1.54, 1.807) is 7.11 Å². The van der Waals surface area contributed by atoms with Crippen molar-refractivity contribution in [3.63, 3.8) is 0 Å². The number of halogens is 1. The summed E-state index contributed by atoms with van der Waals surface area (Å²) in [6, 6.07) is 4.84. The van der Waals surface area contributed by atoms with Gasteiger partial charge in [-0.2, -0.15) is 0 Å². The van der Waals surface area contributed by atoms with Crippen molar-refractivity contribution < 1.29 is 13.9 Å². The molecule has 0 fully saturated rings. The van der Waals surface area contributed by atoms with Gasteiger partial charge in [0, 0.05) is 32.8 Å². The van der Waals surface area contributed by atoms with Gasteiger partial charge in [0.1, 0.15) is 18.2 Å². The molecule has 0 saturated carbocycles. The summed E-state index contributed by atoms with van der Waals surface area (Å²) in [6.45, 7) is 9.65. The Bertz CT molecular complexity index is 398. The number of methoxy groups -OCH3 is 1. The van der Waals surface area contributed by atoms with Gasteiger partial charge < -0.3 is 19.7 Å². The van der Waals surface area contributed by atoms with Crippen LogP contribution in [0.5, 0.6) is 5.75 Å². The molecule has 0 bridgehead atoms. The summed E-state index contributed by atoms with van der Waals surface area (Å²) in [5, 5.41) is 3.19. The van der Waals surface area contributed by atoms with Crippen LogP contribution in [0, 0.1) is 5.82 Å². The predicted octanol–water partition coefficient (Wildman–Crippen LogP) is 2.28. The molecule has 0 aliphatic heterocycles.